The highest BCUT2D eigenvalue weighted by Gasteiger charge is 2.22. The molecular formula is C20H16N6. The van der Waals surface area contributed by atoms with Crippen LogP contribution >= 0.6 is 0 Å². The fraction of sp³-hybridized carbons (Fsp3) is 0.100. The summed E-state index contributed by atoms with van der Waals surface area (Å²) in [6, 6.07) is 18.3. The first-order chi connectivity index (χ1) is 12.9. The highest BCUT2D eigenvalue weighted by Crippen LogP contribution is 2.32. The van der Waals surface area contributed by atoms with Crippen LogP contribution in [-0.4, -0.2) is 26.7 Å². The first-order valence-electron chi connectivity index (χ1n) is 8.54. The maximum absolute atomic E-state index is 4.67. The molecule has 1 aliphatic heterocycles. The van der Waals surface area contributed by atoms with E-state index in [4.69, 9.17) is 0 Å². The van der Waals surface area contributed by atoms with Crippen LogP contribution in [0.2, 0.25) is 0 Å². The van der Waals surface area contributed by atoms with Gasteiger partial charge in [0, 0.05) is 23.8 Å². The Kier molecular flexibility index (Phi) is 3.45. The Bertz CT molecular complexity index is 1090. The summed E-state index contributed by atoms with van der Waals surface area (Å²) in [5.41, 5.74) is 4.27. The minimum absolute atomic E-state index is 0.605. The number of nitrogens with one attached hydrogen (secondary N) is 1. The van der Waals surface area contributed by atoms with Crippen LogP contribution in [0.15, 0.2) is 67.0 Å². The molecule has 0 fully saturated rings. The Morgan fingerprint density at radius 3 is 2.88 bits per heavy atom. The van der Waals surface area contributed by atoms with E-state index in [2.05, 4.69) is 48.6 Å². The molecule has 0 unspecified atom stereocenters. The van der Waals surface area contributed by atoms with Crippen molar-refractivity contribution in [1.82, 2.24) is 20.2 Å². The Balaban J connectivity index is 1.49. The summed E-state index contributed by atoms with van der Waals surface area (Å²) in [4.78, 5) is 11.2. The second-order valence-electron chi connectivity index (χ2n) is 6.18. The zero-order valence-corrected chi connectivity index (χ0v) is 14.0. The van der Waals surface area contributed by atoms with Gasteiger partial charge in [0.2, 0.25) is 0 Å². The monoisotopic (exact) mass is 340 g/mol. The van der Waals surface area contributed by atoms with Gasteiger partial charge in [0.15, 0.2) is 5.82 Å². The number of anilines is 4. The first-order valence-corrected chi connectivity index (χ1v) is 8.54. The molecule has 0 saturated carbocycles. The normalized spacial score (nSPS) is 13.0. The zero-order chi connectivity index (χ0) is 17.3. The van der Waals surface area contributed by atoms with Crippen molar-refractivity contribution in [3.8, 4) is 0 Å². The largest absolute Gasteiger partial charge is 0.337 e. The third-order valence-corrected chi connectivity index (χ3v) is 4.57. The predicted molar refractivity (Wildman–Crippen MR) is 102 cm³/mol. The SMILES string of the molecule is c1ccc2c(c1)CCN2c1nncc(Nc2cccc3cccnc23)n1. The van der Waals surface area contributed by atoms with E-state index in [-0.39, 0.29) is 0 Å². The summed E-state index contributed by atoms with van der Waals surface area (Å²) >= 11 is 0. The predicted octanol–water partition coefficient (Wildman–Crippen LogP) is 3.86. The fourth-order valence-corrected chi connectivity index (χ4v) is 3.36. The standard InChI is InChI=1S/C20H16N6/c1-2-9-17-14(5-1)10-12-26(17)20-24-18(13-22-25-20)23-16-8-3-6-15-7-4-11-21-19(15)16/h1-9,11,13H,10,12H2,(H,23,24,25). The molecular weight excluding hydrogens is 324 g/mol. The van der Waals surface area contributed by atoms with Gasteiger partial charge in [0.05, 0.1) is 17.4 Å². The Hall–Kier alpha value is -3.54. The van der Waals surface area contributed by atoms with Crippen LogP contribution in [0.25, 0.3) is 10.9 Å². The van der Waals surface area contributed by atoms with Crippen LogP contribution < -0.4 is 10.2 Å². The second-order valence-corrected chi connectivity index (χ2v) is 6.18. The second kappa shape index (κ2) is 6.07. The van der Waals surface area contributed by atoms with Crippen molar-refractivity contribution < 1.29 is 0 Å². The maximum Gasteiger partial charge on any atom is 0.251 e. The lowest BCUT2D eigenvalue weighted by molar-refractivity contribution is 0.887. The Morgan fingerprint density at radius 1 is 0.962 bits per heavy atom. The van der Waals surface area contributed by atoms with Crippen molar-refractivity contribution in [3.05, 3.63) is 72.6 Å². The molecule has 0 aliphatic carbocycles. The summed E-state index contributed by atoms with van der Waals surface area (Å²) in [7, 11) is 0. The van der Waals surface area contributed by atoms with Gasteiger partial charge >= 0.3 is 0 Å². The van der Waals surface area contributed by atoms with Gasteiger partial charge in [-0.15, -0.1) is 5.10 Å². The molecule has 2 aromatic carbocycles. The molecule has 0 saturated heterocycles. The Morgan fingerprint density at radius 2 is 1.88 bits per heavy atom. The number of rotatable bonds is 3. The number of nitrogens with zero attached hydrogens (tertiary/aromatic N) is 5. The minimum atomic E-state index is 0.605. The molecule has 2 aromatic heterocycles. The Labute approximate surface area is 150 Å². The van der Waals surface area contributed by atoms with E-state index >= 15 is 0 Å². The van der Waals surface area contributed by atoms with E-state index in [1.54, 1.807) is 12.4 Å². The number of hydrogen-bond acceptors (Lipinski definition) is 6. The molecule has 5 rings (SSSR count). The number of aromatic nitrogens is 4. The molecule has 1 N–H and O–H groups in total. The lowest BCUT2D eigenvalue weighted by atomic mass is 10.2. The lowest BCUT2D eigenvalue weighted by Gasteiger charge is -2.17. The molecule has 3 heterocycles. The van der Waals surface area contributed by atoms with E-state index in [1.165, 1.54) is 5.56 Å². The molecule has 0 atom stereocenters. The van der Waals surface area contributed by atoms with Gasteiger partial charge in [-0.3, -0.25) is 4.98 Å². The lowest BCUT2D eigenvalue weighted by Crippen LogP contribution is -2.17. The molecule has 6 heteroatoms. The van der Waals surface area contributed by atoms with Gasteiger partial charge in [0.1, 0.15) is 0 Å². The highest BCUT2D eigenvalue weighted by atomic mass is 15.3. The summed E-state index contributed by atoms with van der Waals surface area (Å²) in [6.45, 7) is 0.861. The first kappa shape index (κ1) is 14.8. The van der Waals surface area contributed by atoms with Crippen molar-refractivity contribution >= 4 is 34.0 Å². The zero-order valence-electron chi connectivity index (χ0n) is 14.0. The van der Waals surface area contributed by atoms with Crippen LogP contribution in [0.5, 0.6) is 0 Å². The molecule has 1 aliphatic rings. The molecule has 126 valence electrons. The van der Waals surface area contributed by atoms with E-state index in [0.29, 0.717) is 11.8 Å². The van der Waals surface area contributed by atoms with E-state index < -0.39 is 0 Å². The highest BCUT2D eigenvalue weighted by molar-refractivity contribution is 5.91. The third-order valence-electron chi connectivity index (χ3n) is 4.57. The average Bonchev–Trinajstić information content (AvgIpc) is 3.13. The minimum Gasteiger partial charge on any atom is -0.337 e. The third kappa shape index (κ3) is 2.52. The average molecular weight is 340 g/mol. The van der Waals surface area contributed by atoms with E-state index in [9.17, 15) is 0 Å². The van der Waals surface area contributed by atoms with Crippen molar-refractivity contribution in [1.29, 1.82) is 0 Å². The molecule has 0 amide bonds. The summed E-state index contributed by atoms with van der Waals surface area (Å²) in [6.07, 6.45) is 4.41. The van der Waals surface area contributed by atoms with Gasteiger partial charge in [-0.2, -0.15) is 10.1 Å². The summed E-state index contributed by atoms with van der Waals surface area (Å²) in [5, 5.41) is 12.8. The van der Waals surface area contributed by atoms with Crippen molar-refractivity contribution in [2.45, 2.75) is 6.42 Å². The number of benzene rings is 2. The van der Waals surface area contributed by atoms with Gasteiger partial charge in [-0.1, -0.05) is 36.4 Å². The molecule has 6 nitrogen and oxygen atoms in total. The quantitative estimate of drug-likeness (QED) is 0.611. The maximum atomic E-state index is 4.67. The van der Waals surface area contributed by atoms with Crippen LogP contribution in [0, 0.1) is 0 Å². The summed E-state index contributed by atoms with van der Waals surface area (Å²) in [5.74, 6) is 1.26. The topological polar surface area (TPSA) is 66.8 Å². The molecule has 0 spiro atoms. The number of para-hydroxylation sites is 2. The molecule has 0 radical (unpaired) electrons. The van der Waals surface area contributed by atoms with Crippen LogP contribution in [-0.2, 0) is 6.42 Å². The van der Waals surface area contributed by atoms with Crippen molar-refractivity contribution in [2.75, 3.05) is 16.8 Å². The van der Waals surface area contributed by atoms with Gasteiger partial charge in [-0.25, -0.2) is 0 Å². The van der Waals surface area contributed by atoms with Crippen molar-refractivity contribution in [3.63, 3.8) is 0 Å². The van der Waals surface area contributed by atoms with Gasteiger partial charge in [0.25, 0.3) is 5.95 Å². The molecule has 4 aromatic rings. The number of fused-ring (bicyclic) bond motifs is 2. The fourth-order valence-electron chi connectivity index (χ4n) is 3.36. The van der Waals surface area contributed by atoms with Gasteiger partial charge < -0.3 is 10.2 Å². The van der Waals surface area contributed by atoms with Crippen LogP contribution in [0.3, 0.4) is 0 Å². The number of pyridine rings is 1. The van der Waals surface area contributed by atoms with Crippen LogP contribution in [0.1, 0.15) is 5.56 Å². The molecule has 26 heavy (non-hydrogen) atoms. The van der Waals surface area contributed by atoms with Crippen molar-refractivity contribution in [2.24, 2.45) is 0 Å². The van der Waals surface area contributed by atoms with E-state index in [1.807, 2.05) is 36.4 Å². The molecule has 0 bridgehead atoms. The smallest absolute Gasteiger partial charge is 0.251 e. The van der Waals surface area contributed by atoms with Crippen LogP contribution in [0.4, 0.5) is 23.1 Å². The van der Waals surface area contributed by atoms with E-state index in [0.717, 1.165) is 35.2 Å². The summed E-state index contributed by atoms with van der Waals surface area (Å²) < 4.78 is 0. The van der Waals surface area contributed by atoms with Gasteiger partial charge in [-0.05, 0) is 30.2 Å². The number of hydrogen-bond donors (Lipinski definition) is 1.